The van der Waals surface area contributed by atoms with E-state index in [-0.39, 0.29) is 0 Å². The van der Waals surface area contributed by atoms with E-state index in [0.717, 1.165) is 4.90 Å². The molecule has 0 amide bonds. The van der Waals surface area contributed by atoms with Crippen molar-refractivity contribution in [1.82, 2.24) is 0 Å². The fourth-order valence-electron chi connectivity index (χ4n) is 0.554. The molecule has 46 valence electrons. The minimum Gasteiger partial charge on any atom is -0.308 e. The van der Waals surface area contributed by atoms with E-state index in [9.17, 15) is 4.11 Å². The molecule has 0 nitrogen and oxygen atoms in total. The van der Waals surface area contributed by atoms with Gasteiger partial charge < -0.3 is 4.11 Å². The summed E-state index contributed by atoms with van der Waals surface area (Å²) in [5.74, 6) is 0. The average Bonchev–Trinajstić information content (AvgIpc) is 1.89. The Kier molecular flexibility index (Phi) is 2.30. The lowest BCUT2D eigenvalue weighted by Crippen LogP contribution is -2.10. The van der Waals surface area contributed by atoms with Crippen molar-refractivity contribution in [3.05, 3.63) is 24.3 Å². The second kappa shape index (κ2) is 3.03. The van der Waals surface area contributed by atoms with Crippen LogP contribution >= 0.6 is 12.6 Å². The van der Waals surface area contributed by atoms with Crippen molar-refractivity contribution in [3.8, 4) is 0 Å². The first-order valence-corrected chi connectivity index (χ1v) is 3.82. The molecule has 9 heavy (non-hydrogen) atoms. The van der Waals surface area contributed by atoms with Crippen LogP contribution in [-0.4, -0.2) is 9.85 Å². The van der Waals surface area contributed by atoms with Gasteiger partial charge in [-0.2, -0.15) is 0 Å². The maximum Gasteiger partial charge on any atom is 0.334 e. The molecule has 0 aliphatic heterocycles. The van der Waals surface area contributed by atoms with E-state index >= 15 is 0 Å². The molecular weight excluding hydrogens is 151 g/mol. The van der Waals surface area contributed by atoms with Crippen molar-refractivity contribution < 1.29 is 4.11 Å². The Morgan fingerprint density at radius 2 is 2.00 bits per heavy atom. The minimum absolute atomic E-state index is 0.648. The molecule has 3 heteroatoms. The fourth-order valence-corrected chi connectivity index (χ4v) is 1.18. The molecule has 0 fully saturated rings. The van der Waals surface area contributed by atoms with Crippen LogP contribution in [0.3, 0.4) is 0 Å². The third-order valence-electron chi connectivity index (χ3n) is 1.01. The highest BCUT2D eigenvalue weighted by atomic mass is 32.1. The molecule has 0 heterocycles. The summed E-state index contributed by atoms with van der Waals surface area (Å²) in [6.07, 6.45) is 0. The first kappa shape index (κ1) is 6.83. The molecule has 1 aromatic rings. The standard InChI is InChI=1S/C6H5FSSi/c7-9-6-4-2-1-3-5(6)8/h1-4,8H. The summed E-state index contributed by atoms with van der Waals surface area (Å²) >= 11 is 4.04. The summed E-state index contributed by atoms with van der Waals surface area (Å²) in [5, 5.41) is 0.681. The van der Waals surface area contributed by atoms with Gasteiger partial charge >= 0.3 is 9.85 Å². The first-order valence-electron chi connectivity index (χ1n) is 2.49. The molecule has 0 atom stereocenters. The normalized spacial score (nSPS) is 9.56. The second-order valence-electron chi connectivity index (χ2n) is 1.61. The smallest absolute Gasteiger partial charge is 0.308 e. The van der Waals surface area contributed by atoms with Crippen molar-refractivity contribution in [2.24, 2.45) is 0 Å². The zero-order valence-corrected chi connectivity index (χ0v) is 6.53. The van der Waals surface area contributed by atoms with Crippen LogP contribution in [0.25, 0.3) is 0 Å². The molecule has 0 unspecified atom stereocenters. The molecule has 0 N–H and O–H groups in total. The Labute approximate surface area is 61.5 Å². The summed E-state index contributed by atoms with van der Waals surface area (Å²) in [6.45, 7) is 0. The van der Waals surface area contributed by atoms with E-state index in [1.54, 1.807) is 12.1 Å². The minimum atomic E-state index is -0.648. The van der Waals surface area contributed by atoms with Gasteiger partial charge in [0, 0.05) is 4.90 Å². The molecular formula is C6H5FSSi. The van der Waals surface area contributed by atoms with Crippen LogP contribution in [0.2, 0.25) is 0 Å². The molecule has 0 aliphatic carbocycles. The topological polar surface area (TPSA) is 0 Å². The largest absolute Gasteiger partial charge is 0.334 e. The molecule has 1 aromatic carbocycles. The molecule has 0 saturated heterocycles. The van der Waals surface area contributed by atoms with E-state index < -0.39 is 9.85 Å². The van der Waals surface area contributed by atoms with Gasteiger partial charge in [0.05, 0.1) is 0 Å². The molecule has 2 radical (unpaired) electrons. The number of benzene rings is 1. The van der Waals surface area contributed by atoms with E-state index in [4.69, 9.17) is 0 Å². The Morgan fingerprint density at radius 3 is 2.44 bits per heavy atom. The van der Waals surface area contributed by atoms with Crippen LogP contribution in [-0.2, 0) is 0 Å². The molecule has 0 spiro atoms. The van der Waals surface area contributed by atoms with Crippen LogP contribution in [0.4, 0.5) is 4.11 Å². The van der Waals surface area contributed by atoms with Gasteiger partial charge in [0.2, 0.25) is 0 Å². The fraction of sp³-hybridized carbons (Fsp3) is 0. The van der Waals surface area contributed by atoms with E-state index in [1.165, 1.54) is 0 Å². The predicted octanol–water partition coefficient (Wildman–Crippen LogP) is 1.19. The quantitative estimate of drug-likeness (QED) is 0.352. The van der Waals surface area contributed by atoms with Gasteiger partial charge in [0.1, 0.15) is 0 Å². The summed E-state index contributed by atoms with van der Waals surface area (Å²) in [4.78, 5) is 0.735. The third kappa shape index (κ3) is 1.56. The number of halogens is 1. The van der Waals surface area contributed by atoms with E-state index in [2.05, 4.69) is 12.6 Å². The maximum atomic E-state index is 12.0. The first-order chi connectivity index (χ1) is 4.34. The zero-order chi connectivity index (χ0) is 6.69. The number of thiol groups is 1. The monoisotopic (exact) mass is 156 g/mol. The van der Waals surface area contributed by atoms with Crippen LogP contribution in [0.15, 0.2) is 29.2 Å². The van der Waals surface area contributed by atoms with Gasteiger partial charge in [-0.1, -0.05) is 18.2 Å². The molecule has 0 saturated carbocycles. The molecule has 1 rings (SSSR count). The van der Waals surface area contributed by atoms with E-state index in [1.807, 2.05) is 12.1 Å². The summed E-state index contributed by atoms with van der Waals surface area (Å²) < 4.78 is 12.0. The van der Waals surface area contributed by atoms with Crippen LogP contribution < -0.4 is 5.19 Å². The maximum absolute atomic E-state index is 12.0. The Balaban J connectivity index is 3.01. The van der Waals surface area contributed by atoms with Gasteiger partial charge in [0.15, 0.2) is 0 Å². The van der Waals surface area contributed by atoms with Crippen molar-refractivity contribution in [2.45, 2.75) is 4.90 Å². The summed E-state index contributed by atoms with van der Waals surface area (Å²) in [7, 11) is -0.648. The van der Waals surface area contributed by atoms with Gasteiger partial charge in [-0.3, -0.25) is 0 Å². The summed E-state index contributed by atoms with van der Waals surface area (Å²) in [6, 6.07) is 7.17. The third-order valence-corrected chi connectivity index (χ3v) is 2.25. The lowest BCUT2D eigenvalue weighted by atomic mass is 10.4. The number of rotatable bonds is 1. The van der Waals surface area contributed by atoms with Crippen molar-refractivity contribution >= 4 is 27.7 Å². The number of hydrogen-bond donors (Lipinski definition) is 1. The highest BCUT2D eigenvalue weighted by Crippen LogP contribution is 1.99. The predicted molar refractivity (Wildman–Crippen MR) is 40.2 cm³/mol. The van der Waals surface area contributed by atoms with Gasteiger partial charge in [-0.25, -0.2) is 0 Å². The van der Waals surface area contributed by atoms with Crippen molar-refractivity contribution in [3.63, 3.8) is 0 Å². The van der Waals surface area contributed by atoms with Crippen LogP contribution in [0, 0.1) is 0 Å². The SMILES string of the molecule is F[Si]c1ccccc1S. The van der Waals surface area contributed by atoms with E-state index in [0.29, 0.717) is 5.19 Å². The Bertz CT molecular complexity index is 202. The second-order valence-corrected chi connectivity index (χ2v) is 2.82. The Morgan fingerprint density at radius 1 is 1.33 bits per heavy atom. The molecule has 0 bridgehead atoms. The van der Waals surface area contributed by atoms with Gasteiger partial charge in [0.25, 0.3) is 0 Å². The highest BCUT2D eigenvalue weighted by Gasteiger charge is 1.96. The zero-order valence-electron chi connectivity index (χ0n) is 4.63. The molecule has 0 aliphatic rings. The average molecular weight is 156 g/mol. The Hall–Kier alpha value is -0.283. The van der Waals surface area contributed by atoms with Crippen LogP contribution in [0.5, 0.6) is 0 Å². The van der Waals surface area contributed by atoms with Crippen LogP contribution in [0.1, 0.15) is 0 Å². The summed E-state index contributed by atoms with van der Waals surface area (Å²) in [5.41, 5.74) is 0. The van der Waals surface area contributed by atoms with Crippen molar-refractivity contribution in [2.75, 3.05) is 0 Å². The van der Waals surface area contributed by atoms with Gasteiger partial charge in [-0.05, 0) is 11.3 Å². The number of hydrogen-bond acceptors (Lipinski definition) is 1. The lowest BCUT2D eigenvalue weighted by molar-refractivity contribution is 0.883. The van der Waals surface area contributed by atoms with Crippen molar-refractivity contribution in [1.29, 1.82) is 0 Å². The molecule has 0 aromatic heterocycles. The highest BCUT2D eigenvalue weighted by molar-refractivity contribution is 7.80. The van der Waals surface area contributed by atoms with Gasteiger partial charge in [-0.15, -0.1) is 12.6 Å². The lowest BCUT2D eigenvalue weighted by Gasteiger charge is -1.93.